The van der Waals surface area contributed by atoms with Crippen LogP contribution in [-0.4, -0.2) is 43.1 Å². The Morgan fingerprint density at radius 1 is 0.909 bits per heavy atom. The molecule has 0 aliphatic carbocycles. The molecule has 0 radical (unpaired) electrons. The van der Waals surface area contributed by atoms with Crippen LogP contribution in [-0.2, 0) is 15.0 Å². The summed E-state index contributed by atoms with van der Waals surface area (Å²) in [6, 6.07) is 18.0. The van der Waals surface area contributed by atoms with Gasteiger partial charge in [-0.2, -0.15) is 0 Å². The number of benzene rings is 3. The van der Waals surface area contributed by atoms with E-state index in [1.807, 2.05) is 36.4 Å². The molecule has 1 N–H and O–H groups in total. The quantitative estimate of drug-likeness (QED) is 0.245. The molecular weight excluding hydrogens is 430 g/mol. The van der Waals surface area contributed by atoms with Crippen LogP contribution in [0.3, 0.4) is 0 Å². The normalized spacial score (nSPS) is 12.5. The lowest BCUT2D eigenvalue weighted by molar-refractivity contribution is -0.757. The zero-order valence-electron chi connectivity index (χ0n) is 18.4. The van der Waals surface area contributed by atoms with Gasteiger partial charge in [-0.3, -0.25) is 4.79 Å². The van der Waals surface area contributed by atoms with Gasteiger partial charge < -0.3 is 24.2 Å². The van der Waals surface area contributed by atoms with Crippen molar-refractivity contribution in [3.63, 3.8) is 0 Å². The molecule has 0 unspecified atom stereocenters. The number of nitrogens with zero attached hydrogens (tertiary/aromatic N) is 1. The summed E-state index contributed by atoms with van der Waals surface area (Å²) in [5, 5.41) is 21.1. The highest BCUT2D eigenvalue weighted by molar-refractivity contribution is 5.88. The Hall–Kier alpha value is -4.01. The number of rotatable bonds is 12. The Bertz CT molecular complexity index is 1120. The maximum absolute atomic E-state index is 12.2. The summed E-state index contributed by atoms with van der Waals surface area (Å²) in [5.74, 6) is 0.880. The fraction of sp³-hybridized carbons (Fsp3) is 0.292. The summed E-state index contributed by atoms with van der Waals surface area (Å²) < 4.78 is 16.3. The van der Waals surface area contributed by atoms with Crippen LogP contribution < -0.4 is 14.2 Å². The monoisotopic (exact) mass is 455 g/mol. The Labute approximate surface area is 190 Å². The predicted octanol–water partition coefficient (Wildman–Crippen LogP) is 4.25. The van der Waals surface area contributed by atoms with Gasteiger partial charge in [-0.15, -0.1) is 10.1 Å². The van der Waals surface area contributed by atoms with Crippen LogP contribution in [0.1, 0.15) is 18.9 Å². The Morgan fingerprint density at radius 3 is 2.09 bits per heavy atom. The highest BCUT2D eigenvalue weighted by atomic mass is 17.0. The summed E-state index contributed by atoms with van der Waals surface area (Å²) in [6.45, 7) is 1.76. The summed E-state index contributed by atoms with van der Waals surface area (Å²) in [4.78, 5) is 26.5. The molecule has 0 amide bonds. The van der Waals surface area contributed by atoms with E-state index in [1.165, 1.54) is 0 Å². The van der Waals surface area contributed by atoms with Crippen LogP contribution in [0.25, 0.3) is 10.8 Å². The predicted molar refractivity (Wildman–Crippen MR) is 120 cm³/mol. The van der Waals surface area contributed by atoms with E-state index in [4.69, 9.17) is 14.2 Å². The van der Waals surface area contributed by atoms with E-state index in [0.29, 0.717) is 17.1 Å². The molecule has 3 rings (SSSR count). The van der Waals surface area contributed by atoms with Gasteiger partial charge in [-0.05, 0) is 59.7 Å². The summed E-state index contributed by atoms with van der Waals surface area (Å²) in [6.07, 6.45) is 0.264. The standard InChI is InChI=1S/C24H25NO8/c1-24(23(26)27,19-5-3-18-16-22(30-2)6-4-17(18)15-19)11-12-31-20-7-9-21(10-8-20)32-13-14-33-25(28)29/h3-10,15-16H,11-14H2,1-2H3,(H,26,27)/t24-/m0/s1. The molecule has 1 atom stereocenters. The van der Waals surface area contributed by atoms with Crippen LogP contribution in [0.15, 0.2) is 60.7 Å². The maximum Gasteiger partial charge on any atom is 0.313 e. The molecule has 0 spiro atoms. The number of carboxylic acid groups (broad SMARTS) is 1. The van der Waals surface area contributed by atoms with Gasteiger partial charge >= 0.3 is 5.97 Å². The molecule has 9 heteroatoms. The fourth-order valence-corrected chi connectivity index (χ4v) is 3.35. The highest BCUT2D eigenvalue weighted by Gasteiger charge is 2.35. The van der Waals surface area contributed by atoms with Crippen LogP contribution in [0.2, 0.25) is 0 Å². The van der Waals surface area contributed by atoms with Crippen molar-refractivity contribution in [2.24, 2.45) is 0 Å². The molecule has 0 fully saturated rings. The lowest BCUT2D eigenvalue weighted by Crippen LogP contribution is -2.34. The van der Waals surface area contributed by atoms with Crippen molar-refractivity contribution in [1.82, 2.24) is 0 Å². The van der Waals surface area contributed by atoms with Crippen molar-refractivity contribution >= 4 is 16.7 Å². The average Bonchev–Trinajstić information content (AvgIpc) is 2.81. The Kier molecular flexibility index (Phi) is 7.55. The molecule has 33 heavy (non-hydrogen) atoms. The van der Waals surface area contributed by atoms with Crippen LogP contribution >= 0.6 is 0 Å². The SMILES string of the molecule is COc1ccc2cc([C@](C)(CCOc3ccc(OCCO[N+](=O)[O-])cc3)C(=O)O)ccc2c1. The maximum atomic E-state index is 12.2. The first-order valence-electron chi connectivity index (χ1n) is 10.3. The minimum Gasteiger partial charge on any atom is -0.497 e. The number of fused-ring (bicyclic) bond motifs is 1. The minimum absolute atomic E-state index is 0.0384. The topological polar surface area (TPSA) is 117 Å². The second kappa shape index (κ2) is 10.5. The van der Waals surface area contributed by atoms with E-state index in [2.05, 4.69) is 4.84 Å². The molecule has 9 nitrogen and oxygen atoms in total. The van der Waals surface area contributed by atoms with Gasteiger partial charge in [0.1, 0.15) is 30.5 Å². The third kappa shape index (κ3) is 6.03. The molecule has 3 aromatic rings. The number of hydrogen-bond donors (Lipinski definition) is 1. The van der Waals surface area contributed by atoms with Crippen molar-refractivity contribution in [3.8, 4) is 17.2 Å². The van der Waals surface area contributed by atoms with Crippen molar-refractivity contribution in [2.45, 2.75) is 18.8 Å². The van der Waals surface area contributed by atoms with Gasteiger partial charge in [0.2, 0.25) is 0 Å². The van der Waals surface area contributed by atoms with Gasteiger partial charge in [-0.25, -0.2) is 0 Å². The number of hydrogen-bond acceptors (Lipinski definition) is 7. The number of aliphatic carboxylic acids is 1. The van der Waals surface area contributed by atoms with Crippen molar-refractivity contribution in [1.29, 1.82) is 0 Å². The number of carboxylic acids is 1. The molecule has 0 saturated carbocycles. The minimum atomic E-state index is -1.13. The average molecular weight is 455 g/mol. The van der Waals surface area contributed by atoms with Crippen LogP contribution in [0.5, 0.6) is 17.2 Å². The largest absolute Gasteiger partial charge is 0.497 e. The highest BCUT2D eigenvalue weighted by Crippen LogP contribution is 2.32. The zero-order chi connectivity index (χ0) is 23.8. The van der Waals surface area contributed by atoms with E-state index in [9.17, 15) is 20.0 Å². The fourth-order valence-electron chi connectivity index (χ4n) is 3.35. The zero-order valence-corrected chi connectivity index (χ0v) is 18.4. The first kappa shape index (κ1) is 23.6. The third-order valence-corrected chi connectivity index (χ3v) is 5.40. The van der Waals surface area contributed by atoms with Gasteiger partial charge in [0, 0.05) is 6.42 Å². The van der Waals surface area contributed by atoms with Gasteiger partial charge in [0.05, 0.1) is 19.1 Å². The van der Waals surface area contributed by atoms with E-state index in [1.54, 1.807) is 38.3 Å². The van der Waals surface area contributed by atoms with E-state index < -0.39 is 16.5 Å². The van der Waals surface area contributed by atoms with Crippen molar-refractivity contribution < 1.29 is 34.0 Å². The summed E-state index contributed by atoms with van der Waals surface area (Å²) >= 11 is 0. The molecule has 0 heterocycles. The first-order valence-corrected chi connectivity index (χ1v) is 10.3. The van der Waals surface area contributed by atoms with Crippen molar-refractivity contribution in [2.75, 3.05) is 26.9 Å². The Morgan fingerprint density at radius 2 is 1.48 bits per heavy atom. The lowest BCUT2D eigenvalue weighted by Gasteiger charge is -2.26. The van der Waals surface area contributed by atoms with Crippen LogP contribution in [0, 0.1) is 10.1 Å². The summed E-state index contributed by atoms with van der Waals surface area (Å²) in [7, 11) is 1.60. The smallest absolute Gasteiger partial charge is 0.313 e. The summed E-state index contributed by atoms with van der Waals surface area (Å²) in [5.41, 5.74) is -0.439. The molecule has 0 bridgehead atoms. The molecule has 0 aromatic heterocycles. The molecular formula is C24H25NO8. The third-order valence-electron chi connectivity index (χ3n) is 5.40. The number of methoxy groups -OCH3 is 1. The van der Waals surface area contributed by atoms with Gasteiger partial charge in [0.15, 0.2) is 0 Å². The molecule has 174 valence electrons. The number of carbonyl (C=O) groups is 1. The molecule has 3 aromatic carbocycles. The van der Waals surface area contributed by atoms with E-state index in [-0.39, 0.29) is 26.2 Å². The molecule has 0 saturated heterocycles. The Balaban J connectivity index is 1.61. The molecule has 0 aliphatic rings. The van der Waals surface area contributed by atoms with Gasteiger partial charge in [-0.1, -0.05) is 24.3 Å². The van der Waals surface area contributed by atoms with Gasteiger partial charge in [0.25, 0.3) is 5.09 Å². The lowest BCUT2D eigenvalue weighted by atomic mass is 9.79. The second-order valence-electron chi connectivity index (χ2n) is 7.54. The van der Waals surface area contributed by atoms with E-state index >= 15 is 0 Å². The second-order valence-corrected chi connectivity index (χ2v) is 7.54. The van der Waals surface area contributed by atoms with Crippen molar-refractivity contribution in [3.05, 3.63) is 76.3 Å². The first-order chi connectivity index (χ1) is 15.8. The van der Waals surface area contributed by atoms with E-state index in [0.717, 1.165) is 16.5 Å². The number of ether oxygens (including phenoxy) is 3. The molecule has 0 aliphatic heterocycles. The van der Waals surface area contributed by atoms with Crippen LogP contribution in [0.4, 0.5) is 0 Å².